The maximum atomic E-state index is 14.7. The fourth-order valence-corrected chi connectivity index (χ4v) is 8.06. The van der Waals surface area contributed by atoms with Gasteiger partial charge in [-0.3, -0.25) is 13.9 Å². The minimum atomic E-state index is -4.23. The van der Waals surface area contributed by atoms with Crippen LogP contribution in [0.4, 0.5) is 5.69 Å². The summed E-state index contributed by atoms with van der Waals surface area (Å²) in [5, 5.41) is 3.20. The monoisotopic (exact) mass is 731 g/mol. The van der Waals surface area contributed by atoms with Gasteiger partial charge in [0.15, 0.2) is 11.5 Å². The molecule has 6 rings (SSSR count). The number of ether oxygens (including phenoxy) is 2. The van der Waals surface area contributed by atoms with Gasteiger partial charge in [0.2, 0.25) is 11.8 Å². The number of nitrogens with one attached hydrogen (secondary N) is 1. The SMILES string of the molecule is O=C(NC1CCCC1)[C@H](Cc1ccccc1)N(Cc1cccc(Br)c1)C(=O)CN(c1ccc2c(c1)OCCO2)S(=O)(=O)c1ccccc1. The van der Waals surface area contributed by atoms with Crippen LogP contribution >= 0.6 is 15.9 Å². The minimum Gasteiger partial charge on any atom is -0.486 e. The molecular weight excluding hydrogens is 694 g/mol. The summed E-state index contributed by atoms with van der Waals surface area (Å²) in [5.74, 6) is 0.109. The van der Waals surface area contributed by atoms with Crippen LogP contribution in [-0.2, 0) is 32.6 Å². The molecule has 0 aromatic heterocycles. The number of benzene rings is 4. The average Bonchev–Trinajstić information content (AvgIpc) is 3.62. The summed E-state index contributed by atoms with van der Waals surface area (Å²) in [6, 6.07) is 29.1. The number of sulfonamides is 1. The maximum absolute atomic E-state index is 14.7. The van der Waals surface area contributed by atoms with E-state index in [0.29, 0.717) is 24.7 Å². The first-order chi connectivity index (χ1) is 23.3. The zero-order chi connectivity index (χ0) is 33.5. The number of nitrogens with zero attached hydrogens (tertiary/aromatic N) is 2. The largest absolute Gasteiger partial charge is 0.486 e. The zero-order valence-electron chi connectivity index (χ0n) is 26.5. The summed E-state index contributed by atoms with van der Waals surface area (Å²) in [5.41, 5.74) is 1.92. The molecule has 1 heterocycles. The molecule has 0 radical (unpaired) electrons. The quantitative estimate of drug-likeness (QED) is 0.189. The van der Waals surface area contributed by atoms with Crippen molar-refractivity contribution in [3.8, 4) is 11.5 Å². The standard InChI is InChI=1S/C37H38BrN3O6S/c38-29-13-9-12-28(22-29)25-40(33(23-27-10-3-1-4-11-27)37(43)39-30-14-7-8-15-30)36(42)26-41(48(44,45)32-16-5-2-6-17-32)31-18-19-34-35(24-31)47-21-20-46-34/h1-6,9-13,16-19,22,24,30,33H,7-8,14-15,20-21,23,25-26H2,(H,39,43)/t33-/m0/s1. The second-order valence-electron chi connectivity index (χ2n) is 12.0. The van der Waals surface area contributed by atoms with E-state index in [1.165, 1.54) is 17.0 Å². The number of anilines is 1. The maximum Gasteiger partial charge on any atom is 0.264 e. The predicted molar refractivity (Wildman–Crippen MR) is 187 cm³/mol. The van der Waals surface area contributed by atoms with Crippen LogP contribution < -0.4 is 19.1 Å². The Hall–Kier alpha value is -4.35. The number of halogens is 1. The molecule has 9 nitrogen and oxygen atoms in total. The number of hydrogen-bond acceptors (Lipinski definition) is 6. The van der Waals surface area contributed by atoms with Gasteiger partial charge in [-0.15, -0.1) is 0 Å². The molecule has 1 saturated carbocycles. The Kier molecular flexibility index (Phi) is 10.7. The molecule has 0 spiro atoms. The predicted octanol–water partition coefficient (Wildman–Crippen LogP) is 6.11. The van der Waals surface area contributed by atoms with Crippen molar-refractivity contribution in [3.63, 3.8) is 0 Å². The molecule has 4 aromatic carbocycles. The summed E-state index contributed by atoms with van der Waals surface area (Å²) < 4.78 is 41.9. The van der Waals surface area contributed by atoms with E-state index < -0.39 is 28.5 Å². The lowest BCUT2D eigenvalue weighted by Crippen LogP contribution is -2.54. The number of carbonyl (C=O) groups is 2. The van der Waals surface area contributed by atoms with Crippen LogP contribution in [0.5, 0.6) is 11.5 Å². The van der Waals surface area contributed by atoms with Gasteiger partial charge < -0.3 is 19.7 Å². The number of fused-ring (bicyclic) bond motifs is 1. The highest BCUT2D eigenvalue weighted by atomic mass is 79.9. The minimum absolute atomic E-state index is 0.0334. The Morgan fingerprint density at radius 3 is 2.19 bits per heavy atom. The Morgan fingerprint density at radius 2 is 1.48 bits per heavy atom. The van der Waals surface area contributed by atoms with E-state index in [1.807, 2.05) is 54.6 Å². The van der Waals surface area contributed by atoms with Crippen molar-refractivity contribution in [2.75, 3.05) is 24.1 Å². The van der Waals surface area contributed by atoms with Crippen molar-refractivity contribution in [1.82, 2.24) is 10.2 Å². The topological polar surface area (TPSA) is 105 Å². The highest BCUT2D eigenvalue weighted by Gasteiger charge is 2.36. The third-order valence-electron chi connectivity index (χ3n) is 8.64. The summed E-state index contributed by atoms with van der Waals surface area (Å²) in [6.45, 7) is 0.243. The summed E-state index contributed by atoms with van der Waals surface area (Å²) in [6.07, 6.45) is 4.11. The normalized spacial score (nSPS) is 15.0. The van der Waals surface area contributed by atoms with Gasteiger partial charge in [0, 0.05) is 29.5 Å². The molecule has 250 valence electrons. The van der Waals surface area contributed by atoms with Crippen molar-refractivity contribution in [3.05, 3.63) is 119 Å². The van der Waals surface area contributed by atoms with Gasteiger partial charge in [-0.05, 0) is 60.4 Å². The van der Waals surface area contributed by atoms with Gasteiger partial charge in [0.25, 0.3) is 10.0 Å². The highest BCUT2D eigenvalue weighted by Crippen LogP contribution is 2.36. The molecule has 0 saturated heterocycles. The lowest BCUT2D eigenvalue weighted by molar-refractivity contribution is -0.140. The molecular formula is C37H38BrN3O6S. The van der Waals surface area contributed by atoms with E-state index in [1.54, 1.807) is 36.4 Å². The van der Waals surface area contributed by atoms with Crippen LogP contribution in [-0.4, -0.2) is 57.0 Å². The molecule has 11 heteroatoms. The molecule has 0 bridgehead atoms. The third-order valence-corrected chi connectivity index (χ3v) is 10.9. The van der Waals surface area contributed by atoms with Crippen LogP contribution in [0.1, 0.15) is 36.8 Å². The van der Waals surface area contributed by atoms with Crippen LogP contribution in [0.15, 0.2) is 112 Å². The highest BCUT2D eigenvalue weighted by molar-refractivity contribution is 9.10. The lowest BCUT2D eigenvalue weighted by Gasteiger charge is -2.34. The van der Waals surface area contributed by atoms with Gasteiger partial charge in [0.05, 0.1) is 10.6 Å². The zero-order valence-corrected chi connectivity index (χ0v) is 28.9. The molecule has 48 heavy (non-hydrogen) atoms. The van der Waals surface area contributed by atoms with E-state index in [-0.39, 0.29) is 35.5 Å². The summed E-state index contributed by atoms with van der Waals surface area (Å²) in [4.78, 5) is 30.4. The molecule has 2 aliphatic rings. The fraction of sp³-hybridized carbons (Fsp3) is 0.297. The van der Waals surface area contributed by atoms with Crippen molar-refractivity contribution < 1.29 is 27.5 Å². The van der Waals surface area contributed by atoms with Crippen LogP contribution in [0.3, 0.4) is 0 Å². The van der Waals surface area contributed by atoms with Gasteiger partial charge in [0.1, 0.15) is 25.8 Å². The van der Waals surface area contributed by atoms with E-state index in [9.17, 15) is 18.0 Å². The number of hydrogen-bond donors (Lipinski definition) is 1. The third kappa shape index (κ3) is 8.02. The van der Waals surface area contributed by atoms with E-state index in [4.69, 9.17) is 9.47 Å². The Labute approximate surface area is 290 Å². The molecule has 4 aromatic rings. The van der Waals surface area contributed by atoms with Gasteiger partial charge >= 0.3 is 0 Å². The van der Waals surface area contributed by atoms with Gasteiger partial charge in [-0.25, -0.2) is 8.42 Å². The second-order valence-corrected chi connectivity index (χ2v) is 14.8. The Balaban J connectivity index is 1.41. The average molecular weight is 733 g/mol. The Bertz CT molecular complexity index is 1830. The van der Waals surface area contributed by atoms with Crippen molar-refractivity contribution >= 4 is 43.5 Å². The van der Waals surface area contributed by atoms with Crippen molar-refractivity contribution in [2.24, 2.45) is 0 Å². The molecule has 1 aliphatic heterocycles. The van der Waals surface area contributed by atoms with Crippen molar-refractivity contribution in [2.45, 2.75) is 55.6 Å². The fourth-order valence-electron chi connectivity index (χ4n) is 6.19. The van der Waals surface area contributed by atoms with Crippen LogP contribution in [0.25, 0.3) is 0 Å². The van der Waals surface area contributed by atoms with E-state index in [2.05, 4.69) is 21.2 Å². The smallest absolute Gasteiger partial charge is 0.264 e. The number of amides is 2. The molecule has 0 unspecified atom stereocenters. The first-order valence-electron chi connectivity index (χ1n) is 16.1. The summed E-state index contributed by atoms with van der Waals surface area (Å²) in [7, 11) is -4.23. The molecule has 1 N–H and O–H groups in total. The number of carbonyl (C=O) groups excluding carboxylic acids is 2. The van der Waals surface area contributed by atoms with Gasteiger partial charge in [-0.2, -0.15) is 0 Å². The lowest BCUT2D eigenvalue weighted by atomic mass is 10.0. The van der Waals surface area contributed by atoms with E-state index in [0.717, 1.165) is 45.6 Å². The second kappa shape index (κ2) is 15.3. The summed E-state index contributed by atoms with van der Waals surface area (Å²) >= 11 is 3.53. The number of rotatable bonds is 12. The van der Waals surface area contributed by atoms with Gasteiger partial charge in [-0.1, -0.05) is 89.4 Å². The molecule has 1 fully saturated rings. The van der Waals surface area contributed by atoms with E-state index >= 15 is 0 Å². The van der Waals surface area contributed by atoms with Crippen molar-refractivity contribution in [1.29, 1.82) is 0 Å². The molecule has 1 atom stereocenters. The molecule has 1 aliphatic carbocycles. The first kappa shape index (κ1) is 33.5. The van der Waals surface area contributed by atoms with Crippen LogP contribution in [0.2, 0.25) is 0 Å². The molecule has 2 amide bonds. The Morgan fingerprint density at radius 1 is 0.812 bits per heavy atom. The van der Waals surface area contributed by atoms with Crippen LogP contribution in [0, 0.1) is 0 Å². The first-order valence-corrected chi connectivity index (χ1v) is 18.4.